The van der Waals surface area contributed by atoms with Gasteiger partial charge >= 0.3 is 5.97 Å². The molecule has 3 rings (SSSR count). The van der Waals surface area contributed by atoms with Crippen molar-refractivity contribution in [1.29, 1.82) is 0 Å². The molecule has 0 amide bonds. The second-order valence-electron chi connectivity index (χ2n) is 9.42. The lowest BCUT2D eigenvalue weighted by atomic mass is 9.83. The number of carbonyl (C=O) groups is 1. The monoisotopic (exact) mass is 448 g/mol. The molecule has 172 valence electrons. The molecular formula is C26H37ClO4. The van der Waals surface area contributed by atoms with E-state index in [1.807, 2.05) is 30.3 Å². The van der Waals surface area contributed by atoms with E-state index in [-0.39, 0.29) is 23.6 Å². The first kappa shape index (κ1) is 24.3. The van der Waals surface area contributed by atoms with Gasteiger partial charge in [0.05, 0.1) is 12.2 Å². The minimum absolute atomic E-state index is 0.0179. The zero-order chi connectivity index (χ0) is 22.2. The first-order valence-electron chi connectivity index (χ1n) is 11.9. The average molecular weight is 449 g/mol. The predicted octanol–water partition coefficient (Wildman–Crippen LogP) is 5.96. The number of aliphatic hydroxyl groups excluding tert-OH is 2. The van der Waals surface area contributed by atoms with E-state index in [1.54, 1.807) is 0 Å². The Morgan fingerprint density at radius 3 is 2.52 bits per heavy atom. The number of carboxylic acids is 1. The van der Waals surface area contributed by atoms with Crippen LogP contribution in [-0.4, -0.2) is 32.8 Å². The van der Waals surface area contributed by atoms with Crippen molar-refractivity contribution in [3.63, 3.8) is 0 Å². The Kier molecular flexibility index (Phi) is 9.43. The van der Waals surface area contributed by atoms with Crippen LogP contribution in [0.3, 0.4) is 0 Å². The van der Waals surface area contributed by atoms with Gasteiger partial charge in [0.1, 0.15) is 0 Å². The minimum Gasteiger partial charge on any atom is -0.481 e. The minimum atomic E-state index is -0.763. The molecule has 2 saturated carbocycles. The Bertz CT molecular complexity index is 711. The van der Waals surface area contributed by atoms with Crippen molar-refractivity contribution in [3.05, 3.63) is 47.5 Å². The molecule has 1 aromatic carbocycles. The number of aliphatic carboxylic acids is 1. The summed E-state index contributed by atoms with van der Waals surface area (Å²) in [6, 6.07) is 8.11. The number of alkyl halides is 1. The average Bonchev–Trinajstić information content (AvgIpc) is 3.04. The van der Waals surface area contributed by atoms with Crippen molar-refractivity contribution in [2.75, 3.05) is 0 Å². The van der Waals surface area contributed by atoms with Crippen LogP contribution in [0.4, 0.5) is 0 Å². The van der Waals surface area contributed by atoms with Crippen LogP contribution < -0.4 is 0 Å². The molecular weight excluding hydrogens is 412 g/mol. The highest BCUT2D eigenvalue weighted by molar-refractivity contribution is 6.21. The van der Waals surface area contributed by atoms with E-state index in [1.165, 1.54) is 32.1 Å². The predicted molar refractivity (Wildman–Crippen MR) is 124 cm³/mol. The largest absolute Gasteiger partial charge is 0.481 e. The maximum atomic E-state index is 10.7. The SMILES string of the molecule is O=C(O)CCC/C=C\C[C@@H]1[C@@H](c2ccc(C(O)CC3CCCCC3)cc2)[C@H](O)C[C@H]1Cl. The van der Waals surface area contributed by atoms with E-state index in [0.717, 1.165) is 30.4 Å². The molecule has 2 aliphatic rings. The fraction of sp³-hybridized carbons (Fsp3) is 0.654. The van der Waals surface area contributed by atoms with Crippen molar-refractivity contribution in [2.24, 2.45) is 11.8 Å². The smallest absolute Gasteiger partial charge is 0.303 e. The fourth-order valence-electron chi connectivity index (χ4n) is 5.38. The molecule has 1 aromatic rings. The van der Waals surface area contributed by atoms with Gasteiger partial charge in [-0.25, -0.2) is 0 Å². The Morgan fingerprint density at radius 2 is 1.84 bits per heavy atom. The first-order valence-corrected chi connectivity index (χ1v) is 12.4. The van der Waals surface area contributed by atoms with Gasteiger partial charge in [0, 0.05) is 17.7 Å². The van der Waals surface area contributed by atoms with E-state index >= 15 is 0 Å². The lowest BCUT2D eigenvalue weighted by Crippen LogP contribution is -2.18. The third-order valence-electron chi connectivity index (χ3n) is 7.13. The number of rotatable bonds is 10. The standard InChI is InChI=1S/C26H37ClO4/c27-22-17-24(29)26(21(22)10-6-1-2-7-11-25(30)31)20-14-12-19(13-15-20)23(28)16-18-8-4-3-5-9-18/h1,6,12-15,18,21-24,26,28-29H,2-5,7-11,16-17H2,(H,30,31)/b6-1-/t21-,22+,23?,24+,26+/m0/s1. The molecule has 0 aromatic heterocycles. The van der Waals surface area contributed by atoms with Crippen LogP contribution in [0, 0.1) is 11.8 Å². The van der Waals surface area contributed by atoms with Gasteiger partial charge in [0.25, 0.3) is 0 Å². The maximum absolute atomic E-state index is 10.7. The zero-order valence-corrected chi connectivity index (χ0v) is 19.1. The summed E-state index contributed by atoms with van der Waals surface area (Å²) < 4.78 is 0. The number of carboxylic acid groups (broad SMARTS) is 1. The molecule has 5 atom stereocenters. The highest BCUT2D eigenvalue weighted by Gasteiger charge is 2.41. The quantitative estimate of drug-likeness (QED) is 0.234. The summed E-state index contributed by atoms with van der Waals surface area (Å²) in [7, 11) is 0. The molecule has 5 heteroatoms. The molecule has 0 radical (unpaired) electrons. The van der Waals surface area contributed by atoms with Crippen LogP contribution in [0.25, 0.3) is 0 Å². The van der Waals surface area contributed by atoms with Gasteiger partial charge in [-0.1, -0.05) is 68.5 Å². The van der Waals surface area contributed by atoms with Gasteiger partial charge in [-0.3, -0.25) is 4.79 Å². The molecule has 0 saturated heterocycles. The van der Waals surface area contributed by atoms with E-state index in [4.69, 9.17) is 16.7 Å². The van der Waals surface area contributed by atoms with Crippen LogP contribution in [0.2, 0.25) is 0 Å². The van der Waals surface area contributed by atoms with Gasteiger partial charge in [0.15, 0.2) is 0 Å². The summed E-state index contributed by atoms with van der Waals surface area (Å²) in [5.74, 6) is -0.00892. The highest BCUT2D eigenvalue weighted by atomic mass is 35.5. The van der Waals surface area contributed by atoms with Crippen LogP contribution in [0.1, 0.15) is 93.8 Å². The zero-order valence-electron chi connectivity index (χ0n) is 18.3. The van der Waals surface area contributed by atoms with Crippen molar-refractivity contribution >= 4 is 17.6 Å². The van der Waals surface area contributed by atoms with Gasteiger partial charge in [-0.05, 0) is 55.1 Å². The van der Waals surface area contributed by atoms with E-state index in [0.29, 0.717) is 18.8 Å². The summed E-state index contributed by atoms with van der Waals surface area (Å²) in [6.45, 7) is 0. The Hall–Kier alpha value is -1.36. The van der Waals surface area contributed by atoms with Crippen LogP contribution in [-0.2, 0) is 4.79 Å². The molecule has 0 heterocycles. The highest BCUT2D eigenvalue weighted by Crippen LogP contribution is 2.45. The Morgan fingerprint density at radius 1 is 1.13 bits per heavy atom. The fourth-order valence-corrected chi connectivity index (χ4v) is 5.83. The van der Waals surface area contributed by atoms with Gasteiger partial charge in [-0.15, -0.1) is 11.6 Å². The molecule has 0 bridgehead atoms. The Balaban J connectivity index is 1.58. The normalized spacial score (nSPS) is 28.2. The summed E-state index contributed by atoms with van der Waals surface area (Å²) in [5.41, 5.74) is 2.03. The van der Waals surface area contributed by atoms with E-state index < -0.39 is 18.2 Å². The lowest BCUT2D eigenvalue weighted by molar-refractivity contribution is -0.137. The maximum Gasteiger partial charge on any atom is 0.303 e. The van der Waals surface area contributed by atoms with Crippen molar-refractivity contribution in [3.8, 4) is 0 Å². The van der Waals surface area contributed by atoms with Crippen molar-refractivity contribution < 1.29 is 20.1 Å². The molecule has 1 unspecified atom stereocenters. The van der Waals surface area contributed by atoms with Gasteiger partial charge in [0.2, 0.25) is 0 Å². The van der Waals surface area contributed by atoms with Crippen LogP contribution in [0.5, 0.6) is 0 Å². The number of hydrogen-bond acceptors (Lipinski definition) is 3. The summed E-state index contributed by atoms with van der Waals surface area (Å²) in [4.78, 5) is 10.6. The second kappa shape index (κ2) is 12.0. The summed E-state index contributed by atoms with van der Waals surface area (Å²) in [5, 5.41) is 30.0. The summed E-state index contributed by atoms with van der Waals surface area (Å²) in [6.07, 6.45) is 13.3. The third-order valence-corrected chi connectivity index (χ3v) is 7.63. The molecule has 31 heavy (non-hydrogen) atoms. The molecule has 3 N–H and O–H groups in total. The van der Waals surface area contributed by atoms with E-state index in [2.05, 4.69) is 6.08 Å². The topological polar surface area (TPSA) is 77.8 Å². The number of unbranched alkanes of at least 4 members (excludes halogenated alkanes) is 1. The van der Waals surface area contributed by atoms with Crippen molar-refractivity contribution in [1.82, 2.24) is 0 Å². The van der Waals surface area contributed by atoms with E-state index in [9.17, 15) is 15.0 Å². The lowest BCUT2D eigenvalue weighted by Gasteiger charge is -2.25. The first-order chi connectivity index (χ1) is 15.0. The Labute approximate surface area is 191 Å². The van der Waals surface area contributed by atoms with Crippen LogP contribution >= 0.6 is 11.6 Å². The van der Waals surface area contributed by atoms with Crippen LogP contribution in [0.15, 0.2) is 36.4 Å². The molecule has 4 nitrogen and oxygen atoms in total. The number of allylic oxidation sites excluding steroid dienone is 2. The molecule has 2 fully saturated rings. The van der Waals surface area contributed by atoms with Crippen molar-refractivity contribution in [2.45, 2.75) is 94.1 Å². The molecule has 0 spiro atoms. The second-order valence-corrected chi connectivity index (χ2v) is 9.98. The third kappa shape index (κ3) is 7.06. The molecule has 2 aliphatic carbocycles. The molecule has 0 aliphatic heterocycles. The number of aliphatic hydroxyl groups is 2. The van der Waals surface area contributed by atoms with Gasteiger partial charge < -0.3 is 15.3 Å². The number of halogens is 1. The summed E-state index contributed by atoms with van der Waals surface area (Å²) >= 11 is 6.58. The number of hydrogen-bond donors (Lipinski definition) is 3. The van der Waals surface area contributed by atoms with Gasteiger partial charge in [-0.2, -0.15) is 0 Å². The number of benzene rings is 1.